The number of nitrogens with one attached hydrogen (secondary N) is 1. The summed E-state index contributed by atoms with van der Waals surface area (Å²) in [5, 5.41) is 6.86. The molecule has 102 valence electrons. The van der Waals surface area contributed by atoms with Gasteiger partial charge in [0.25, 0.3) is 0 Å². The standard InChI is InChI=1S/C16H22N2S/c1-11-5-6-15(12(2)9-11)14(4)18-10-13(3)16-17-7-8-19-16/h5-9,13-14,18H,10H2,1-4H3. The average Bonchev–Trinajstić information content (AvgIpc) is 2.89. The van der Waals surface area contributed by atoms with E-state index in [1.165, 1.54) is 21.7 Å². The van der Waals surface area contributed by atoms with E-state index < -0.39 is 0 Å². The Morgan fingerprint density at radius 2 is 2.05 bits per heavy atom. The van der Waals surface area contributed by atoms with Crippen molar-refractivity contribution in [1.29, 1.82) is 0 Å². The third-order valence-electron chi connectivity index (χ3n) is 3.50. The third-order valence-corrected chi connectivity index (χ3v) is 4.50. The largest absolute Gasteiger partial charge is 0.310 e. The van der Waals surface area contributed by atoms with Gasteiger partial charge in [0.05, 0.1) is 5.01 Å². The smallest absolute Gasteiger partial charge is 0.0965 e. The number of aromatic nitrogens is 1. The van der Waals surface area contributed by atoms with Gasteiger partial charge in [-0.3, -0.25) is 0 Å². The fourth-order valence-electron chi connectivity index (χ4n) is 2.34. The zero-order valence-corrected chi connectivity index (χ0v) is 12.9. The van der Waals surface area contributed by atoms with E-state index >= 15 is 0 Å². The molecule has 1 aromatic carbocycles. The highest BCUT2D eigenvalue weighted by Crippen LogP contribution is 2.21. The molecule has 0 aliphatic heterocycles. The Morgan fingerprint density at radius 3 is 2.68 bits per heavy atom. The number of benzene rings is 1. The highest BCUT2D eigenvalue weighted by atomic mass is 32.1. The first-order valence-corrected chi connectivity index (χ1v) is 7.66. The van der Waals surface area contributed by atoms with Gasteiger partial charge in [-0.1, -0.05) is 30.7 Å². The molecule has 0 aliphatic carbocycles. The summed E-state index contributed by atoms with van der Waals surface area (Å²) in [7, 11) is 0. The van der Waals surface area contributed by atoms with Crippen LogP contribution >= 0.6 is 11.3 Å². The first kappa shape index (κ1) is 14.2. The lowest BCUT2D eigenvalue weighted by Gasteiger charge is -2.19. The second kappa shape index (κ2) is 6.31. The van der Waals surface area contributed by atoms with E-state index in [0.717, 1.165) is 6.54 Å². The zero-order valence-electron chi connectivity index (χ0n) is 12.1. The van der Waals surface area contributed by atoms with Crippen molar-refractivity contribution < 1.29 is 0 Å². The van der Waals surface area contributed by atoms with Gasteiger partial charge in [-0.05, 0) is 31.9 Å². The third kappa shape index (κ3) is 3.64. The van der Waals surface area contributed by atoms with Crippen LogP contribution in [0.5, 0.6) is 0 Å². The molecule has 0 saturated carbocycles. The van der Waals surface area contributed by atoms with Crippen LogP contribution in [0.4, 0.5) is 0 Å². The lowest BCUT2D eigenvalue weighted by atomic mass is 10.00. The summed E-state index contributed by atoms with van der Waals surface area (Å²) in [6.45, 7) is 9.74. The van der Waals surface area contributed by atoms with E-state index in [-0.39, 0.29) is 0 Å². The van der Waals surface area contributed by atoms with Gasteiger partial charge < -0.3 is 5.32 Å². The molecule has 2 rings (SSSR count). The van der Waals surface area contributed by atoms with E-state index in [9.17, 15) is 0 Å². The molecule has 2 nitrogen and oxygen atoms in total. The Balaban J connectivity index is 1.96. The first-order chi connectivity index (χ1) is 9.08. The fraction of sp³-hybridized carbons (Fsp3) is 0.438. The van der Waals surface area contributed by atoms with Gasteiger partial charge in [0.2, 0.25) is 0 Å². The van der Waals surface area contributed by atoms with Gasteiger partial charge in [-0.2, -0.15) is 0 Å². The van der Waals surface area contributed by atoms with Crippen LogP contribution < -0.4 is 5.32 Å². The van der Waals surface area contributed by atoms with Crippen molar-refractivity contribution >= 4 is 11.3 Å². The van der Waals surface area contributed by atoms with Crippen LogP contribution in [0.1, 0.15) is 47.5 Å². The molecule has 0 bridgehead atoms. The minimum atomic E-state index is 0.378. The van der Waals surface area contributed by atoms with Gasteiger partial charge in [0.1, 0.15) is 0 Å². The second-order valence-corrected chi connectivity index (χ2v) is 6.19. The molecule has 0 radical (unpaired) electrons. The minimum Gasteiger partial charge on any atom is -0.310 e. The van der Waals surface area contributed by atoms with Crippen molar-refractivity contribution in [2.75, 3.05) is 6.54 Å². The molecule has 0 aliphatic rings. The van der Waals surface area contributed by atoms with Crippen LogP contribution in [0.2, 0.25) is 0 Å². The maximum Gasteiger partial charge on any atom is 0.0965 e. The van der Waals surface area contributed by atoms with Crippen LogP contribution in [0.3, 0.4) is 0 Å². The number of hydrogen-bond donors (Lipinski definition) is 1. The number of nitrogens with zero attached hydrogens (tertiary/aromatic N) is 1. The molecular weight excluding hydrogens is 252 g/mol. The molecule has 0 spiro atoms. The van der Waals surface area contributed by atoms with Crippen molar-refractivity contribution in [1.82, 2.24) is 10.3 Å². The predicted molar refractivity (Wildman–Crippen MR) is 82.9 cm³/mol. The number of rotatable bonds is 5. The lowest BCUT2D eigenvalue weighted by Crippen LogP contribution is -2.24. The van der Waals surface area contributed by atoms with E-state index in [4.69, 9.17) is 0 Å². The Morgan fingerprint density at radius 1 is 1.26 bits per heavy atom. The van der Waals surface area contributed by atoms with Crippen LogP contribution in [0.15, 0.2) is 29.8 Å². The predicted octanol–water partition coefficient (Wildman–Crippen LogP) is 4.21. The molecule has 1 heterocycles. The molecule has 0 amide bonds. The number of thiazole rings is 1. The molecule has 2 unspecified atom stereocenters. The van der Waals surface area contributed by atoms with Gasteiger partial charge >= 0.3 is 0 Å². The van der Waals surface area contributed by atoms with Gasteiger partial charge in [-0.15, -0.1) is 11.3 Å². The molecule has 0 fully saturated rings. The highest BCUT2D eigenvalue weighted by Gasteiger charge is 2.12. The van der Waals surface area contributed by atoms with E-state index in [0.29, 0.717) is 12.0 Å². The Bertz CT molecular complexity index is 520. The Labute approximate surface area is 119 Å². The normalized spacial score (nSPS) is 14.3. The lowest BCUT2D eigenvalue weighted by molar-refractivity contribution is 0.534. The summed E-state index contributed by atoms with van der Waals surface area (Å²) in [6, 6.07) is 7.04. The van der Waals surface area contributed by atoms with Crippen molar-refractivity contribution in [3.8, 4) is 0 Å². The highest BCUT2D eigenvalue weighted by molar-refractivity contribution is 7.09. The number of hydrogen-bond acceptors (Lipinski definition) is 3. The fourth-order valence-corrected chi connectivity index (χ4v) is 3.04. The molecule has 3 heteroatoms. The summed E-state index contributed by atoms with van der Waals surface area (Å²) >= 11 is 1.73. The van der Waals surface area contributed by atoms with Crippen molar-refractivity contribution in [3.63, 3.8) is 0 Å². The van der Waals surface area contributed by atoms with E-state index in [2.05, 4.69) is 56.2 Å². The molecule has 2 atom stereocenters. The molecule has 1 N–H and O–H groups in total. The summed E-state index contributed by atoms with van der Waals surface area (Å²) < 4.78 is 0. The summed E-state index contributed by atoms with van der Waals surface area (Å²) in [5.74, 6) is 0.466. The van der Waals surface area contributed by atoms with Crippen LogP contribution in [0, 0.1) is 13.8 Å². The average molecular weight is 274 g/mol. The SMILES string of the molecule is Cc1ccc(C(C)NCC(C)c2nccs2)c(C)c1. The summed E-state index contributed by atoms with van der Waals surface area (Å²) in [5.41, 5.74) is 4.07. The second-order valence-electron chi connectivity index (χ2n) is 5.26. The monoisotopic (exact) mass is 274 g/mol. The van der Waals surface area contributed by atoms with Crippen LogP contribution in [0.25, 0.3) is 0 Å². The van der Waals surface area contributed by atoms with Gasteiger partial charge in [0.15, 0.2) is 0 Å². The van der Waals surface area contributed by atoms with Gasteiger partial charge in [-0.25, -0.2) is 4.98 Å². The quantitative estimate of drug-likeness (QED) is 0.883. The first-order valence-electron chi connectivity index (χ1n) is 6.78. The topological polar surface area (TPSA) is 24.9 Å². The molecule has 2 aromatic rings. The summed E-state index contributed by atoms with van der Waals surface area (Å²) in [6.07, 6.45) is 1.88. The molecule has 0 saturated heterocycles. The van der Waals surface area contributed by atoms with Crippen LogP contribution in [-0.4, -0.2) is 11.5 Å². The Hall–Kier alpha value is -1.19. The maximum absolute atomic E-state index is 4.37. The number of aryl methyl sites for hydroxylation is 2. The molecule has 19 heavy (non-hydrogen) atoms. The maximum atomic E-state index is 4.37. The Kier molecular flexibility index (Phi) is 4.72. The van der Waals surface area contributed by atoms with Crippen molar-refractivity contribution in [2.24, 2.45) is 0 Å². The summed E-state index contributed by atoms with van der Waals surface area (Å²) in [4.78, 5) is 4.37. The van der Waals surface area contributed by atoms with Gasteiger partial charge in [0, 0.05) is 30.1 Å². The zero-order chi connectivity index (χ0) is 13.8. The minimum absolute atomic E-state index is 0.378. The molecule has 1 aromatic heterocycles. The van der Waals surface area contributed by atoms with Crippen molar-refractivity contribution in [2.45, 2.75) is 39.7 Å². The van der Waals surface area contributed by atoms with Crippen LogP contribution in [-0.2, 0) is 0 Å². The molecular formula is C16H22N2S. The van der Waals surface area contributed by atoms with E-state index in [1.807, 2.05) is 11.6 Å². The van der Waals surface area contributed by atoms with E-state index in [1.54, 1.807) is 11.3 Å². The van der Waals surface area contributed by atoms with Crippen molar-refractivity contribution in [3.05, 3.63) is 51.5 Å².